The van der Waals surface area contributed by atoms with E-state index in [4.69, 9.17) is 4.65 Å². The molecule has 4 heterocycles. The second-order valence-corrected chi connectivity index (χ2v) is 9.86. The van der Waals surface area contributed by atoms with E-state index >= 15 is 0 Å². The largest absolute Gasteiger partial charge is 0.551 e. The molecule has 0 atom stereocenters. The molecule has 0 spiro atoms. The Hall–Kier alpha value is -5.16. The van der Waals surface area contributed by atoms with Crippen LogP contribution in [0.4, 0.5) is 17.1 Å². The van der Waals surface area contributed by atoms with E-state index in [2.05, 4.69) is 106 Å². The maximum Gasteiger partial charge on any atom is 0.431 e. The van der Waals surface area contributed by atoms with Crippen LogP contribution in [0.2, 0.25) is 0 Å². The third-order valence-electron chi connectivity index (χ3n) is 7.71. The van der Waals surface area contributed by atoms with Gasteiger partial charge < -0.3 is 9.55 Å². The SMILES string of the molecule is c1ccc2c(c1)OB1c3cc(-c4ccncc4)ccc3N(c3ccc(-c4ccncc4)cc3)c3cccc-2c31. The van der Waals surface area contributed by atoms with E-state index in [1.807, 2.05) is 43.0 Å². The first-order valence-electron chi connectivity index (χ1n) is 13.1. The van der Waals surface area contributed by atoms with Crippen LogP contribution in [0.5, 0.6) is 5.75 Å². The summed E-state index contributed by atoms with van der Waals surface area (Å²) in [6.07, 6.45) is 7.34. The maximum absolute atomic E-state index is 6.77. The summed E-state index contributed by atoms with van der Waals surface area (Å²) in [5.74, 6) is 0.919. The number of benzene rings is 4. The summed E-state index contributed by atoms with van der Waals surface area (Å²) in [7, 11) is 0. The summed E-state index contributed by atoms with van der Waals surface area (Å²) in [6, 6.07) is 38.6. The summed E-state index contributed by atoms with van der Waals surface area (Å²) in [4.78, 5) is 10.7. The fourth-order valence-corrected chi connectivity index (χ4v) is 5.90. The average molecular weight is 499 g/mol. The fourth-order valence-electron chi connectivity index (χ4n) is 5.90. The highest BCUT2D eigenvalue weighted by Gasteiger charge is 2.42. The molecule has 0 N–H and O–H groups in total. The van der Waals surface area contributed by atoms with Crippen LogP contribution in [-0.4, -0.2) is 16.9 Å². The Labute approximate surface area is 227 Å². The minimum absolute atomic E-state index is 0.199. The van der Waals surface area contributed by atoms with Crippen LogP contribution in [0, 0.1) is 0 Å². The molecule has 2 aromatic heterocycles. The molecule has 39 heavy (non-hydrogen) atoms. The first kappa shape index (κ1) is 21.9. The average Bonchev–Trinajstić information content (AvgIpc) is 3.02. The summed E-state index contributed by atoms with van der Waals surface area (Å²) in [6.45, 7) is -0.199. The van der Waals surface area contributed by atoms with E-state index in [0.717, 1.165) is 56.1 Å². The normalized spacial score (nSPS) is 12.7. The van der Waals surface area contributed by atoms with Gasteiger partial charge in [-0.05, 0) is 87.9 Å². The second-order valence-electron chi connectivity index (χ2n) is 9.86. The molecule has 0 radical (unpaired) electrons. The number of hydrogen-bond donors (Lipinski definition) is 0. The molecular weight excluding hydrogens is 477 g/mol. The zero-order chi connectivity index (χ0) is 25.8. The van der Waals surface area contributed by atoms with Crippen LogP contribution in [0.15, 0.2) is 134 Å². The summed E-state index contributed by atoms with van der Waals surface area (Å²) in [5.41, 5.74) is 12.7. The first-order chi connectivity index (χ1) is 19.3. The number of rotatable bonds is 3. The minimum atomic E-state index is -0.199. The standard InChI is InChI=1S/C34H22BN3O/c1-2-7-33-28(4-1)29-5-3-6-32-34(29)35(39-33)30-22-26(25-16-20-37-21-17-25)10-13-31(30)38(32)27-11-8-23(9-12-27)24-14-18-36-19-15-24/h1-22H. The molecule has 6 aromatic rings. The Bertz CT molecular complexity index is 1840. The van der Waals surface area contributed by atoms with Gasteiger partial charge in [-0.25, -0.2) is 0 Å². The van der Waals surface area contributed by atoms with Gasteiger partial charge in [-0.3, -0.25) is 9.97 Å². The van der Waals surface area contributed by atoms with Crippen LogP contribution < -0.4 is 20.5 Å². The van der Waals surface area contributed by atoms with E-state index in [9.17, 15) is 0 Å². The van der Waals surface area contributed by atoms with Gasteiger partial charge in [0.1, 0.15) is 5.75 Å². The number of nitrogens with zero attached hydrogens (tertiary/aromatic N) is 3. The van der Waals surface area contributed by atoms with Gasteiger partial charge in [0.05, 0.1) is 0 Å². The molecule has 0 saturated heterocycles. The van der Waals surface area contributed by atoms with E-state index in [0.29, 0.717) is 0 Å². The quantitative estimate of drug-likeness (QED) is 0.252. The van der Waals surface area contributed by atoms with Gasteiger partial charge in [0.25, 0.3) is 0 Å². The van der Waals surface area contributed by atoms with Crippen LogP contribution in [-0.2, 0) is 0 Å². The summed E-state index contributed by atoms with van der Waals surface area (Å²) >= 11 is 0. The van der Waals surface area contributed by atoms with Crippen molar-refractivity contribution in [2.45, 2.75) is 0 Å². The number of hydrogen-bond acceptors (Lipinski definition) is 4. The molecule has 4 aromatic carbocycles. The highest BCUT2D eigenvalue weighted by atomic mass is 16.4. The maximum atomic E-state index is 6.77. The lowest BCUT2D eigenvalue weighted by Gasteiger charge is -2.39. The fraction of sp³-hybridized carbons (Fsp3) is 0. The molecular formula is C34H22BN3O. The van der Waals surface area contributed by atoms with Crippen molar-refractivity contribution in [3.8, 4) is 39.1 Å². The van der Waals surface area contributed by atoms with Crippen LogP contribution in [0.25, 0.3) is 33.4 Å². The van der Waals surface area contributed by atoms with Crippen molar-refractivity contribution in [1.82, 2.24) is 9.97 Å². The van der Waals surface area contributed by atoms with Gasteiger partial charge in [0.15, 0.2) is 0 Å². The number of aromatic nitrogens is 2. The molecule has 8 rings (SSSR count). The second kappa shape index (κ2) is 8.71. The molecule has 182 valence electrons. The van der Waals surface area contributed by atoms with Gasteiger partial charge in [-0.15, -0.1) is 0 Å². The number of para-hydroxylation sites is 1. The number of anilines is 3. The molecule has 0 bridgehead atoms. The summed E-state index contributed by atoms with van der Waals surface area (Å²) < 4.78 is 6.77. The molecule has 0 unspecified atom stereocenters. The van der Waals surface area contributed by atoms with E-state index in [1.165, 1.54) is 11.0 Å². The Kier molecular flexibility index (Phi) is 4.89. The third kappa shape index (κ3) is 3.47. The van der Waals surface area contributed by atoms with Crippen molar-refractivity contribution in [3.63, 3.8) is 0 Å². The van der Waals surface area contributed by atoms with Gasteiger partial charge in [-0.2, -0.15) is 0 Å². The van der Waals surface area contributed by atoms with Gasteiger partial charge in [0, 0.05) is 52.9 Å². The monoisotopic (exact) mass is 499 g/mol. The lowest BCUT2D eigenvalue weighted by atomic mass is 9.49. The van der Waals surface area contributed by atoms with Gasteiger partial charge in [0.2, 0.25) is 0 Å². The molecule has 2 aliphatic heterocycles. The molecule has 0 aliphatic carbocycles. The predicted molar refractivity (Wildman–Crippen MR) is 159 cm³/mol. The molecule has 5 heteroatoms. The van der Waals surface area contributed by atoms with E-state index in [-0.39, 0.29) is 6.92 Å². The van der Waals surface area contributed by atoms with Crippen molar-refractivity contribution >= 4 is 34.9 Å². The van der Waals surface area contributed by atoms with Gasteiger partial charge >= 0.3 is 6.92 Å². The number of pyridine rings is 2. The van der Waals surface area contributed by atoms with E-state index < -0.39 is 0 Å². The van der Waals surface area contributed by atoms with Crippen molar-refractivity contribution in [2.75, 3.05) is 4.90 Å². The number of fused-ring (bicyclic) bond motifs is 4. The zero-order valence-electron chi connectivity index (χ0n) is 21.0. The molecule has 0 fully saturated rings. The third-order valence-corrected chi connectivity index (χ3v) is 7.71. The Morgan fingerprint density at radius 2 is 1.18 bits per heavy atom. The van der Waals surface area contributed by atoms with Crippen molar-refractivity contribution < 1.29 is 4.65 Å². The first-order valence-corrected chi connectivity index (χ1v) is 13.1. The highest BCUT2D eigenvalue weighted by Crippen LogP contribution is 2.43. The molecule has 4 nitrogen and oxygen atoms in total. The van der Waals surface area contributed by atoms with Crippen molar-refractivity contribution in [2.24, 2.45) is 0 Å². The van der Waals surface area contributed by atoms with Crippen molar-refractivity contribution in [1.29, 1.82) is 0 Å². The van der Waals surface area contributed by atoms with Crippen LogP contribution >= 0.6 is 0 Å². The molecule has 2 aliphatic rings. The van der Waals surface area contributed by atoms with Crippen LogP contribution in [0.3, 0.4) is 0 Å². The molecule has 0 saturated carbocycles. The minimum Gasteiger partial charge on any atom is -0.551 e. The Balaban J connectivity index is 1.34. The van der Waals surface area contributed by atoms with Gasteiger partial charge in [-0.1, -0.05) is 54.6 Å². The molecule has 0 amide bonds. The lowest BCUT2D eigenvalue weighted by molar-refractivity contribution is 0.590. The topological polar surface area (TPSA) is 38.2 Å². The van der Waals surface area contributed by atoms with E-state index in [1.54, 1.807) is 0 Å². The predicted octanol–water partition coefficient (Wildman–Crippen LogP) is 6.76. The Morgan fingerprint density at radius 1 is 0.538 bits per heavy atom. The Morgan fingerprint density at radius 3 is 1.95 bits per heavy atom. The zero-order valence-corrected chi connectivity index (χ0v) is 21.0. The summed E-state index contributed by atoms with van der Waals surface area (Å²) in [5, 5.41) is 0. The highest BCUT2D eigenvalue weighted by molar-refractivity contribution is 6.85. The lowest BCUT2D eigenvalue weighted by Crippen LogP contribution is -2.56. The smallest absolute Gasteiger partial charge is 0.431 e. The van der Waals surface area contributed by atoms with Crippen LogP contribution in [0.1, 0.15) is 0 Å². The van der Waals surface area contributed by atoms with Crippen molar-refractivity contribution in [3.05, 3.63) is 134 Å².